The van der Waals surface area contributed by atoms with Crippen LogP contribution in [0.3, 0.4) is 0 Å². The maximum Gasteiger partial charge on any atom is 0.308 e. The van der Waals surface area contributed by atoms with Gasteiger partial charge in [0.1, 0.15) is 0 Å². The van der Waals surface area contributed by atoms with Crippen molar-refractivity contribution in [3.8, 4) is 0 Å². The number of carbonyl (C=O) groups is 1. The number of hydrogen-bond donors (Lipinski definition) is 1. The molecule has 1 N–H and O–H groups in total. The molecule has 0 amide bonds. The third kappa shape index (κ3) is 9.60. The van der Waals surface area contributed by atoms with E-state index in [0.29, 0.717) is 6.42 Å². The van der Waals surface area contributed by atoms with Gasteiger partial charge in [0.05, 0.1) is 31.8 Å². The summed E-state index contributed by atoms with van der Waals surface area (Å²) in [6.07, 6.45) is 10.9. The second kappa shape index (κ2) is 12.7. The molecular weight excluding hydrogens is 306 g/mol. The number of nitrogens with zero attached hydrogens (tertiary/aromatic N) is 1. The van der Waals surface area contributed by atoms with Crippen molar-refractivity contribution >= 4 is 5.97 Å². The van der Waals surface area contributed by atoms with Gasteiger partial charge in [-0.25, -0.2) is 0 Å². The number of aliphatic hydroxyl groups is 1. The molecule has 1 heterocycles. The minimum Gasteiger partial charge on any atom is -0.469 e. The Labute approximate surface area is 147 Å². The van der Waals surface area contributed by atoms with Crippen LogP contribution in [0.1, 0.15) is 70.6 Å². The summed E-state index contributed by atoms with van der Waals surface area (Å²) in [5.74, 6) is -0.235. The summed E-state index contributed by atoms with van der Waals surface area (Å²) in [6, 6.07) is 0. The van der Waals surface area contributed by atoms with Gasteiger partial charge in [-0.05, 0) is 46.3 Å². The Balaban J connectivity index is 1.97. The van der Waals surface area contributed by atoms with Crippen LogP contribution >= 0.6 is 0 Å². The fraction of sp³-hybridized carbons (Fsp3) is 0.947. The number of methoxy groups -OCH3 is 1. The molecular formula is C19H37NO4. The van der Waals surface area contributed by atoms with Crippen molar-refractivity contribution in [2.75, 3.05) is 27.7 Å². The van der Waals surface area contributed by atoms with Crippen molar-refractivity contribution in [2.24, 2.45) is 0 Å². The van der Waals surface area contributed by atoms with Crippen LogP contribution in [0.15, 0.2) is 0 Å². The lowest BCUT2D eigenvalue weighted by atomic mass is 10.0. The van der Waals surface area contributed by atoms with E-state index in [1.807, 2.05) is 0 Å². The molecule has 1 saturated heterocycles. The van der Waals surface area contributed by atoms with Crippen LogP contribution in [0.5, 0.6) is 0 Å². The van der Waals surface area contributed by atoms with E-state index in [-0.39, 0.29) is 18.2 Å². The van der Waals surface area contributed by atoms with E-state index in [2.05, 4.69) is 23.7 Å². The van der Waals surface area contributed by atoms with Crippen LogP contribution in [0.2, 0.25) is 0 Å². The van der Waals surface area contributed by atoms with Gasteiger partial charge in [0.15, 0.2) is 0 Å². The molecule has 0 radical (unpaired) electrons. The molecule has 24 heavy (non-hydrogen) atoms. The van der Waals surface area contributed by atoms with E-state index in [1.165, 1.54) is 52.2 Å². The lowest BCUT2D eigenvalue weighted by Crippen LogP contribution is -2.27. The molecule has 0 saturated carbocycles. The third-order valence-electron chi connectivity index (χ3n) is 4.80. The Morgan fingerprint density at radius 3 is 2.38 bits per heavy atom. The highest BCUT2D eigenvalue weighted by atomic mass is 16.5. The predicted molar refractivity (Wildman–Crippen MR) is 96.0 cm³/mol. The summed E-state index contributed by atoms with van der Waals surface area (Å²) in [5, 5.41) is 10.2. The first-order valence-corrected chi connectivity index (χ1v) is 9.58. The smallest absolute Gasteiger partial charge is 0.308 e. The molecule has 142 valence electrons. The largest absolute Gasteiger partial charge is 0.469 e. The van der Waals surface area contributed by atoms with Crippen LogP contribution in [0.4, 0.5) is 0 Å². The molecule has 0 aromatic carbocycles. The molecule has 0 unspecified atom stereocenters. The number of hydrogen-bond acceptors (Lipinski definition) is 5. The minimum atomic E-state index is -0.396. The van der Waals surface area contributed by atoms with Gasteiger partial charge in [-0.15, -0.1) is 0 Å². The van der Waals surface area contributed by atoms with Gasteiger partial charge in [0.25, 0.3) is 0 Å². The molecule has 0 bridgehead atoms. The maximum absolute atomic E-state index is 11.2. The molecule has 5 heteroatoms. The minimum absolute atomic E-state index is 0.0840. The zero-order valence-electron chi connectivity index (χ0n) is 15.8. The summed E-state index contributed by atoms with van der Waals surface area (Å²) < 4.78 is 10.4. The van der Waals surface area contributed by atoms with E-state index in [4.69, 9.17) is 4.74 Å². The SMILES string of the molecule is COC(=O)C[C@@H]1CC[C@H]([C@@H](O)CCCCCCCCCN(C)C)O1. The molecule has 5 nitrogen and oxygen atoms in total. The van der Waals surface area contributed by atoms with Crippen molar-refractivity contribution < 1.29 is 19.4 Å². The zero-order chi connectivity index (χ0) is 17.8. The topological polar surface area (TPSA) is 59.0 Å². The highest BCUT2D eigenvalue weighted by molar-refractivity contribution is 5.69. The predicted octanol–water partition coefficient (Wildman–Crippen LogP) is 3.14. The molecule has 1 aliphatic heterocycles. The highest BCUT2D eigenvalue weighted by Crippen LogP contribution is 2.26. The summed E-state index contributed by atoms with van der Waals surface area (Å²) in [7, 11) is 5.64. The zero-order valence-corrected chi connectivity index (χ0v) is 15.8. The molecule has 1 fully saturated rings. The van der Waals surface area contributed by atoms with Gasteiger partial charge in [-0.2, -0.15) is 0 Å². The number of carbonyl (C=O) groups excluding carboxylic acids is 1. The van der Waals surface area contributed by atoms with E-state index < -0.39 is 6.10 Å². The Morgan fingerprint density at radius 2 is 1.75 bits per heavy atom. The lowest BCUT2D eigenvalue weighted by molar-refractivity contribution is -0.144. The van der Waals surface area contributed by atoms with Gasteiger partial charge < -0.3 is 19.5 Å². The number of unbranched alkanes of at least 4 members (excludes halogenated alkanes) is 6. The quantitative estimate of drug-likeness (QED) is 0.411. The van der Waals surface area contributed by atoms with E-state index in [9.17, 15) is 9.90 Å². The van der Waals surface area contributed by atoms with Crippen molar-refractivity contribution in [3.05, 3.63) is 0 Å². The van der Waals surface area contributed by atoms with E-state index >= 15 is 0 Å². The third-order valence-corrected chi connectivity index (χ3v) is 4.80. The van der Waals surface area contributed by atoms with Crippen molar-refractivity contribution in [1.29, 1.82) is 0 Å². The first-order valence-electron chi connectivity index (χ1n) is 9.58. The first kappa shape index (κ1) is 21.4. The molecule has 0 aromatic rings. The molecule has 0 aliphatic carbocycles. The van der Waals surface area contributed by atoms with Crippen molar-refractivity contribution in [3.63, 3.8) is 0 Å². The van der Waals surface area contributed by atoms with Gasteiger partial charge in [0.2, 0.25) is 0 Å². The second-order valence-electron chi connectivity index (χ2n) is 7.29. The standard InChI is InChI=1S/C19H37NO4/c1-20(2)14-10-8-6-4-5-7-9-11-17(21)18-13-12-16(24-18)15-19(22)23-3/h16-18,21H,4-15H2,1-3H3/t16-,17-,18+/m0/s1. The fourth-order valence-electron chi connectivity index (χ4n) is 3.29. The average molecular weight is 344 g/mol. The lowest BCUT2D eigenvalue weighted by Gasteiger charge is -2.19. The van der Waals surface area contributed by atoms with Crippen LogP contribution < -0.4 is 0 Å². The second-order valence-corrected chi connectivity index (χ2v) is 7.29. The van der Waals surface area contributed by atoms with Crippen LogP contribution in [0.25, 0.3) is 0 Å². The summed E-state index contributed by atoms with van der Waals surface area (Å²) >= 11 is 0. The Bertz CT molecular complexity index is 335. The Hall–Kier alpha value is -0.650. The molecule has 1 aliphatic rings. The Morgan fingerprint density at radius 1 is 1.12 bits per heavy atom. The van der Waals surface area contributed by atoms with Crippen molar-refractivity contribution in [1.82, 2.24) is 4.90 Å². The molecule has 0 aromatic heterocycles. The van der Waals surface area contributed by atoms with E-state index in [1.54, 1.807) is 0 Å². The fourth-order valence-corrected chi connectivity index (χ4v) is 3.29. The Kier molecular flexibility index (Phi) is 11.3. The summed E-state index contributed by atoms with van der Waals surface area (Å²) in [5.41, 5.74) is 0. The maximum atomic E-state index is 11.2. The van der Waals surface area contributed by atoms with Crippen molar-refractivity contribution in [2.45, 2.75) is 88.9 Å². The number of aliphatic hydroxyl groups excluding tert-OH is 1. The summed E-state index contributed by atoms with van der Waals surface area (Å²) in [6.45, 7) is 1.19. The van der Waals surface area contributed by atoms with Gasteiger partial charge in [0, 0.05) is 0 Å². The normalized spacial score (nSPS) is 22.0. The van der Waals surface area contributed by atoms with Gasteiger partial charge >= 0.3 is 5.97 Å². The van der Waals surface area contributed by atoms with Crippen LogP contribution in [-0.2, 0) is 14.3 Å². The highest BCUT2D eigenvalue weighted by Gasteiger charge is 2.31. The van der Waals surface area contributed by atoms with Gasteiger partial charge in [-0.3, -0.25) is 4.79 Å². The monoisotopic (exact) mass is 343 g/mol. The average Bonchev–Trinajstić information content (AvgIpc) is 3.01. The first-order chi connectivity index (χ1) is 11.5. The molecule has 1 rings (SSSR count). The van der Waals surface area contributed by atoms with Crippen LogP contribution in [0, 0.1) is 0 Å². The van der Waals surface area contributed by atoms with Crippen LogP contribution in [-0.4, -0.2) is 62.0 Å². The van der Waals surface area contributed by atoms with Gasteiger partial charge in [-0.1, -0.05) is 38.5 Å². The molecule has 0 spiro atoms. The number of ether oxygens (including phenoxy) is 2. The molecule has 3 atom stereocenters. The number of rotatable bonds is 13. The number of esters is 1. The summed E-state index contributed by atoms with van der Waals surface area (Å²) in [4.78, 5) is 13.5. The van der Waals surface area contributed by atoms with E-state index in [0.717, 1.165) is 25.7 Å².